The number of carbonyl (C=O) groups excluding carboxylic acids is 4. The van der Waals surface area contributed by atoms with E-state index in [1.807, 2.05) is 0 Å². The largest absolute Gasteiger partial charge is 0.508 e. The van der Waals surface area contributed by atoms with Crippen LogP contribution < -0.4 is 5.73 Å². The fourth-order valence-corrected chi connectivity index (χ4v) is 6.22. The molecular formula is C25H28N2O9. The van der Waals surface area contributed by atoms with Gasteiger partial charge in [-0.1, -0.05) is 13.0 Å². The van der Waals surface area contributed by atoms with Crippen LogP contribution in [0.1, 0.15) is 36.5 Å². The second-order valence-electron chi connectivity index (χ2n) is 9.82. The molecule has 1 saturated carbocycles. The minimum absolute atomic E-state index is 0.0274. The average molecular weight is 501 g/mol. The number of ketones is 2. The van der Waals surface area contributed by atoms with E-state index in [1.165, 1.54) is 25.1 Å². The molecule has 0 spiro atoms. The zero-order valence-corrected chi connectivity index (χ0v) is 20.4. The highest BCUT2D eigenvalue weighted by atomic mass is 16.5. The number of nitrogens with zero attached hydrogens (tertiary/aromatic N) is 1. The number of likely N-dealkylation sites (N-methyl/N-ethyl adjacent to an activating group) is 1. The molecule has 3 aliphatic carbocycles. The predicted octanol–water partition coefficient (Wildman–Crippen LogP) is 0.375. The van der Waals surface area contributed by atoms with Crippen molar-refractivity contribution in [1.29, 1.82) is 0 Å². The van der Waals surface area contributed by atoms with E-state index in [0.29, 0.717) is 11.1 Å². The third kappa shape index (κ3) is 3.12. The summed E-state index contributed by atoms with van der Waals surface area (Å²) in [6.07, 6.45) is -1.40. The lowest BCUT2D eigenvalue weighted by atomic mass is 9.54. The van der Waals surface area contributed by atoms with Gasteiger partial charge in [-0.3, -0.25) is 24.1 Å². The van der Waals surface area contributed by atoms with Crippen LogP contribution in [-0.2, 0) is 23.9 Å². The van der Waals surface area contributed by atoms with Gasteiger partial charge in [-0.25, -0.2) is 0 Å². The minimum atomic E-state index is -2.94. The molecule has 36 heavy (non-hydrogen) atoms. The van der Waals surface area contributed by atoms with Crippen LogP contribution in [0.4, 0.5) is 0 Å². The number of nitrogens with two attached hydrogens (primary N) is 1. The topological polar surface area (TPSA) is 188 Å². The van der Waals surface area contributed by atoms with Gasteiger partial charge in [0.1, 0.15) is 28.9 Å². The number of aliphatic hydroxyl groups excluding tert-OH is 2. The Hall–Kier alpha value is -3.70. The molecule has 1 amide bonds. The van der Waals surface area contributed by atoms with Gasteiger partial charge in [0.15, 0.2) is 11.4 Å². The summed E-state index contributed by atoms with van der Waals surface area (Å²) in [5.41, 5.74) is 2.19. The van der Waals surface area contributed by atoms with Crippen LogP contribution in [0.15, 0.2) is 29.0 Å². The molecule has 0 aromatic heterocycles. The Morgan fingerprint density at radius 1 is 1.14 bits per heavy atom. The third-order valence-corrected chi connectivity index (χ3v) is 7.60. The molecule has 0 heterocycles. The number of phenolic OH excluding ortho intramolecular Hbond substituents is 1. The molecule has 0 aliphatic heterocycles. The Morgan fingerprint density at radius 2 is 1.75 bits per heavy atom. The van der Waals surface area contributed by atoms with E-state index >= 15 is 0 Å². The standard InChI is InChI=1S/C25H28N2O9/c1-8-6-7-11(29)14-12(8)9(2)13-15(19(14)30)22(32)25(35)17(21(13)36-10(3)28)18(27(4)5)20(31)16(23(25)33)24(26)34/h6-7,9,13,17-18,21,29-30,33,35H,1-5H3,(H2,26,34)/t9-,13?,17?,18-,21-,25-/m0/s1. The maximum atomic E-state index is 14.0. The monoisotopic (exact) mass is 500 g/mol. The van der Waals surface area contributed by atoms with Crippen molar-refractivity contribution < 1.29 is 44.3 Å². The Balaban J connectivity index is 2.14. The molecule has 0 saturated heterocycles. The Bertz CT molecular complexity index is 1290. The van der Waals surface area contributed by atoms with E-state index < -0.39 is 81.6 Å². The van der Waals surface area contributed by atoms with Gasteiger partial charge in [0.25, 0.3) is 5.91 Å². The lowest BCUT2D eigenvalue weighted by Crippen LogP contribution is -2.71. The van der Waals surface area contributed by atoms with Crippen LogP contribution in [-0.4, -0.2) is 80.6 Å². The smallest absolute Gasteiger partial charge is 0.302 e. The Labute approximate surface area is 206 Å². The first-order valence-corrected chi connectivity index (χ1v) is 11.3. The molecule has 11 nitrogen and oxygen atoms in total. The molecule has 1 aromatic carbocycles. The predicted molar refractivity (Wildman–Crippen MR) is 125 cm³/mol. The number of Topliss-reactive ketones (excluding diaryl/α,β-unsaturated/α-hetero) is 2. The number of hydrogen-bond acceptors (Lipinski definition) is 10. The van der Waals surface area contributed by atoms with Crippen molar-refractivity contribution in [1.82, 2.24) is 4.90 Å². The van der Waals surface area contributed by atoms with Crippen LogP contribution in [0, 0.1) is 18.8 Å². The summed E-state index contributed by atoms with van der Waals surface area (Å²) in [6.45, 7) is 4.56. The molecule has 11 heteroatoms. The SMILES string of the molecule is CC(=O)O[C@H]1C2C(=C(O)c3c(O)ccc(C)c3[C@@H]2C)C(=O)[C@]2(O)C(O)=C(C(N)=O)C(=O)[C@@H](N(C)C)C12. The molecule has 0 radical (unpaired) electrons. The summed E-state index contributed by atoms with van der Waals surface area (Å²) in [6, 6.07) is 1.57. The van der Waals surface area contributed by atoms with Crippen LogP contribution in [0.25, 0.3) is 5.76 Å². The molecule has 4 rings (SSSR count). The lowest BCUT2D eigenvalue weighted by Gasteiger charge is -2.54. The molecule has 0 bridgehead atoms. The second kappa shape index (κ2) is 8.17. The van der Waals surface area contributed by atoms with Crippen molar-refractivity contribution in [2.75, 3.05) is 14.1 Å². The number of ether oxygens (including phenoxy) is 1. The number of rotatable bonds is 3. The summed E-state index contributed by atoms with van der Waals surface area (Å²) < 4.78 is 5.63. The number of esters is 1. The molecule has 1 fully saturated rings. The van der Waals surface area contributed by atoms with Gasteiger partial charge in [0, 0.05) is 18.4 Å². The van der Waals surface area contributed by atoms with Gasteiger partial charge in [-0.15, -0.1) is 0 Å². The van der Waals surface area contributed by atoms with Gasteiger partial charge in [0.05, 0.1) is 17.5 Å². The van der Waals surface area contributed by atoms with Crippen LogP contribution in [0.2, 0.25) is 0 Å². The van der Waals surface area contributed by atoms with E-state index in [4.69, 9.17) is 10.5 Å². The van der Waals surface area contributed by atoms with Gasteiger partial charge in [0.2, 0.25) is 5.78 Å². The quantitative estimate of drug-likeness (QED) is 0.287. The maximum absolute atomic E-state index is 14.0. The number of primary amides is 1. The number of hydrogen-bond donors (Lipinski definition) is 5. The highest BCUT2D eigenvalue weighted by Crippen LogP contribution is 2.57. The maximum Gasteiger partial charge on any atom is 0.302 e. The number of benzene rings is 1. The zero-order valence-electron chi connectivity index (χ0n) is 20.4. The summed E-state index contributed by atoms with van der Waals surface area (Å²) in [5, 5.41) is 44.7. The van der Waals surface area contributed by atoms with E-state index in [1.54, 1.807) is 19.9 Å². The number of aliphatic hydroxyl groups is 3. The fourth-order valence-electron chi connectivity index (χ4n) is 6.22. The number of amides is 1. The lowest BCUT2D eigenvalue weighted by molar-refractivity contribution is -0.184. The normalized spacial score (nSPS) is 31.7. The number of carbonyl (C=O) groups is 4. The molecule has 3 aliphatic rings. The summed E-state index contributed by atoms with van der Waals surface area (Å²) >= 11 is 0. The summed E-state index contributed by atoms with van der Waals surface area (Å²) in [7, 11) is 2.92. The first-order chi connectivity index (χ1) is 16.7. The van der Waals surface area contributed by atoms with Gasteiger partial charge in [-0.05, 0) is 44.1 Å². The van der Waals surface area contributed by atoms with E-state index in [9.17, 15) is 39.6 Å². The van der Waals surface area contributed by atoms with Crippen LogP contribution >= 0.6 is 0 Å². The van der Waals surface area contributed by atoms with Gasteiger partial charge in [-0.2, -0.15) is 0 Å². The van der Waals surface area contributed by atoms with Crippen LogP contribution in [0.5, 0.6) is 5.75 Å². The zero-order chi connectivity index (χ0) is 27.0. The summed E-state index contributed by atoms with van der Waals surface area (Å²) in [4.78, 5) is 53.1. The first-order valence-electron chi connectivity index (χ1n) is 11.3. The number of aryl methyl sites for hydroxylation is 1. The highest BCUT2D eigenvalue weighted by Gasteiger charge is 2.69. The Kier molecular flexibility index (Phi) is 5.76. The minimum Gasteiger partial charge on any atom is -0.508 e. The van der Waals surface area contributed by atoms with Gasteiger partial charge >= 0.3 is 5.97 Å². The molecular weight excluding hydrogens is 472 g/mol. The van der Waals surface area contributed by atoms with Crippen molar-refractivity contribution in [3.05, 3.63) is 45.7 Å². The second-order valence-corrected chi connectivity index (χ2v) is 9.82. The molecule has 1 aromatic rings. The van der Waals surface area contributed by atoms with Crippen molar-refractivity contribution in [3.63, 3.8) is 0 Å². The molecule has 6 N–H and O–H groups in total. The third-order valence-electron chi connectivity index (χ3n) is 7.60. The van der Waals surface area contributed by atoms with Gasteiger partial charge < -0.3 is 30.9 Å². The van der Waals surface area contributed by atoms with Crippen molar-refractivity contribution in [2.45, 2.75) is 44.4 Å². The Morgan fingerprint density at radius 3 is 2.28 bits per heavy atom. The highest BCUT2D eigenvalue weighted by molar-refractivity contribution is 6.24. The van der Waals surface area contributed by atoms with E-state index in [-0.39, 0.29) is 11.3 Å². The van der Waals surface area contributed by atoms with E-state index in [2.05, 4.69) is 0 Å². The number of aromatic hydroxyl groups is 1. The number of fused-ring (bicyclic) bond motifs is 3. The fraction of sp³-hybridized carbons (Fsp3) is 0.440. The molecule has 192 valence electrons. The van der Waals surface area contributed by atoms with Crippen molar-refractivity contribution in [3.8, 4) is 5.75 Å². The summed E-state index contributed by atoms with van der Waals surface area (Å²) in [5.74, 6) is -9.78. The number of phenols is 1. The molecule has 2 unspecified atom stereocenters. The van der Waals surface area contributed by atoms with Crippen molar-refractivity contribution >= 4 is 29.2 Å². The van der Waals surface area contributed by atoms with E-state index in [0.717, 1.165) is 6.92 Å². The van der Waals surface area contributed by atoms with Crippen LogP contribution in [0.3, 0.4) is 0 Å². The molecule has 6 atom stereocenters. The first kappa shape index (κ1) is 25.4. The van der Waals surface area contributed by atoms with Crippen molar-refractivity contribution in [2.24, 2.45) is 17.6 Å². The average Bonchev–Trinajstić information content (AvgIpc) is 2.76.